The molecule has 2 aromatic heterocycles. The summed E-state index contributed by atoms with van der Waals surface area (Å²) in [4.78, 5) is 13.5. The minimum absolute atomic E-state index is 0.0397. The zero-order valence-corrected chi connectivity index (χ0v) is 15.3. The van der Waals surface area contributed by atoms with Gasteiger partial charge in [0.05, 0.1) is 23.3 Å². The van der Waals surface area contributed by atoms with Crippen LogP contribution in [0.4, 0.5) is 0 Å². The van der Waals surface area contributed by atoms with Gasteiger partial charge in [-0.05, 0) is 24.7 Å². The van der Waals surface area contributed by atoms with Crippen molar-refractivity contribution in [2.24, 2.45) is 5.41 Å². The number of aromatic nitrogens is 4. The Bertz CT molecular complexity index is 718. The summed E-state index contributed by atoms with van der Waals surface area (Å²) in [5.74, 6) is 2.38. The minimum Gasteiger partial charge on any atom is -0.377 e. The molecule has 130 valence electrons. The number of nitrogens with zero attached hydrogens (tertiary/aromatic N) is 4. The fourth-order valence-corrected chi connectivity index (χ4v) is 3.29. The lowest BCUT2D eigenvalue weighted by atomic mass is 9.81. The highest BCUT2D eigenvalue weighted by atomic mass is 16.5. The summed E-state index contributed by atoms with van der Waals surface area (Å²) in [5, 5.41) is 4.24. The van der Waals surface area contributed by atoms with Crippen molar-refractivity contribution in [3.63, 3.8) is 0 Å². The van der Waals surface area contributed by atoms with Gasteiger partial charge in [0.1, 0.15) is 5.82 Å². The molecule has 2 atom stereocenters. The topological polar surface area (TPSA) is 73.9 Å². The van der Waals surface area contributed by atoms with E-state index in [2.05, 4.69) is 54.7 Å². The smallest absolute Gasteiger partial charge is 0.261 e. The Morgan fingerprint density at radius 3 is 2.62 bits per heavy atom. The maximum absolute atomic E-state index is 5.93. The zero-order valence-electron chi connectivity index (χ0n) is 15.3. The van der Waals surface area contributed by atoms with E-state index in [0.29, 0.717) is 5.89 Å². The second kappa shape index (κ2) is 6.24. The van der Waals surface area contributed by atoms with E-state index in [1.165, 1.54) is 0 Å². The van der Waals surface area contributed by atoms with Crippen LogP contribution >= 0.6 is 0 Å². The molecule has 0 spiro atoms. The first-order valence-corrected chi connectivity index (χ1v) is 8.56. The van der Waals surface area contributed by atoms with Crippen LogP contribution in [0.3, 0.4) is 0 Å². The molecular formula is C18H26N4O2. The van der Waals surface area contributed by atoms with Gasteiger partial charge in [0.25, 0.3) is 5.89 Å². The predicted octanol–water partition coefficient (Wildman–Crippen LogP) is 3.88. The van der Waals surface area contributed by atoms with E-state index in [9.17, 15) is 0 Å². The fourth-order valence-electron chi connectivity index (χ4n) is 3.29. The van der Waals surface area contributed by atoms with Crippen LogP contribution in [0.1, 0.15) is 70.2 Å². The first kappa shape index (κ1) is 17.0. The van der Waals surface area contributed by atoms with Crippen LogP contribution in [0.25, 0.3) is 11.5 Å². The Labute approximate surface area is 143 Å². The van der Waals surface area contributed by atoms with Gasteiger partial charge in [0.15, 0.2) is 5.82 Å². The van der Waals surface area contributed by atoms with Gasteiger partial charge < -0.3 is 9.26 Å². The van der Waals surface area contributed by atoms with Crippen molar-refractivity contribution in [1.82, 2.24) is 20.1 Å². The number of hydrogen-bond acceptors (Lipinski definition) is 6. The Kier molecular flexibility index (Phi) is 4.42. The van der Waals surface area contributed by atoms with E-state index < -0.39 is 0 Å². The van der Waals surface area contributed by atoms with Crippen molar-refractivity contribution in [3.05, 3.63) is 23.5 Å². The van der Waals surface area contributed by atoms with Gasteiger partial charge in [-0.25, -0.2) is 9.97 Å². The molecule has 6 nitrogen and oxygen atoms in total. The molecule has 24 heavy (non-hydrogen) atoms. The number of hydrogen-bond donors (Lipinski definition) is 0. The molecule has 0 aliphatic carbocycles. The number of aryl methyl sites for hydroxylation is 1. The Morgan fingerprint density at radius 1 is 1.21 bits per heavy atom. The van der Waals surface area contributed by atoms with Gasteiger partial charge in [0.2, 0.25) is 0 Å². The zero-order chi connectivity index (χ0) is 17.5. The molecule has 1 fully saturated rings. The van der Waals surface area contributed by atoms with Gasteiger partial charge in [0, 0.05) is 12.8 Å². The fraction of sp³-hybridized carbons (Fsp3) is 0.667. The molecule has 0 amide bonds. The summed E-state index contributed by atoms with van der Waals surface area (Å²) in [6, 6.07) is 0. The van der Waals surface area contributed by atoms with Gasteiger partial charge in [-0.15, -0.1) is 0 Å². The molecule has 6 heteroatoms. The minimum atomic E-state index is 0.0397. The molecule has 3 heterocycles. The molecule has 0 radical (unpaired) electrons. The normalized spacial score (nSPS) is 21.6. The van der Waals surface area contributed by atoms with Crippen LogP contribution in [0.2, 0.25) is 0 Å². The van der Waals surface area contributed by atoms with Crippen molar-refractivity contribution in [2.75, 3.05) is 6.61 Å². The molecule has 2 aromatic rings. The van der Waals surface area contributed by atoms with Crippen molar-refractivity contribution in [1.29, 1.82) is 0 Å². The first-order chi connectivity index (χ1) is 11.3. The molecule has 0 unspecified atom stereocenters. The summed E-state index contributed by atoms with van der Waals surface area (Å²) in [7, 11) is 0. The average Bonchev–Trinajstić information content (AvgIpc) is 3.15. The van der Waals surface area contributed by atoms with Gasteiger partial charge in [-0.1, -0.05) is 39.8 Å². The molecule has 1 aliphatic heterocycles. The van der Waals surface area contributed by atoms with Crippen LogP contribution in [0, 0.1) is 12.3 Å². The van der Waals surface area contributed by atoms with Crippen LogP contribution in [-0.4, -0.2) is 32.8 Å². The maximum Gasteiger partial charge on any atom is 0.261 e. The third-order valence-electron chi connectivity index (χ3n) is 4.43. The van der Waals surface area contributed by atoms with Gasteiger partial charge in [-0.3, -0.25) is 0 Å². The second-order valence-electron chi connectivity index (χ2n) is 7.88. The quantitative estimate of drug-likeness (QED) is 0.850. The molecule has 3 rings (SSSR count). The first-order valence-electron chi connectivity index (χ1n) is 8.56. The molecule has 1 saturated heterocycles. The summed E-state index contributed by atoms with van der Waals surface area (Å²) < 4.78 is 11.5. The molecule has 0 aromatic carbocycles. The van der Waals surface area contributed by atoms with Crippen LogP contribution in [0.5, 0.6) is 0 Å². The lowest BCUT2D eigenvalue weighted by Crippen LogP contribution is -2.30. The summed E-state index contributed by atoms with van der Waals surface area (Å²) in [6.07, 6.45) is 2.80. The summed E-state index contributed by atoms with van der Waals surface area (Å²) in [5.41, 5.74) is 1.80. The highest BCUT2D eigenvalue weighted by Gasteiger charge is 2.40. The highest BCUT2D eigenvalue weighted by Crippen LogP contribution is 2.40. The lowest BCUT2D eigenvalue weighted by molar-refractivity contribution is 0.0193. The van der Waals surface area contributed by atoms with E-state index >= 15 is 0 Å². The van der Waals surface area contributed by atoms with Crippen molar-refractivity contribution < 1.29 is 9.26 Å². The SMILES string of the molecule is Cc1ncc(-c2nc([C@@H]3CCO[C@H]3C(C)(C)C)no2)c(C(C)C)n1. The maximum atomic E-state index is 5.93. The van der Waals surface area contributed by atoms with Crippen molar-refractivity contribution in [3.8, 4) is 11.5 Å². The van der Waals surface area contributed by atoms with Crippen LogP contribution < -0.4 is 0 Å². The Morgan fingerprint density at radius 2 is 1.96 bits per heavy atom. The standard InChI is InChI=1S/C18H26N4O2/c1-10(2)14-13(9-19-11(3)20-14)17-21-16(22-24-17)12-7-8-23-15(12)18(4,5)6/h9-10,12,15H,7-8H2,1-6H3/t12-,15-/m1/s1. The van der Waals surface area contributed by atoms with E-state index in [-0.39, 0.29) is 23.4 Å². The average molecular weight is 330 g/mol. The largest absolute Gasteiger partial charge is 0.377 e. The summed E-state index contributed by atoms with van der Waals surface area (Å²) >= 11 is 0. The molecule has 1 aliphatic rings. The van der Waals surface area contributed by atoms with Crippen LogP contribution in [0.15, 0.2) is 10.7 Å². The number of ether oxygens (including phenoxy) is 1. The van der Waals surface area contributed by atoms with E-state index in [0.717, 1.165) is 35.9 Å². The third kappa shape index (κ3) is 3.20. The van der Waals surface area contributed by atoms with Crippen LogP contribution in [-0.2, 0) is 4.74 Å². The monoisotopic (exact) mass is 330 g/mol. The predicted molar refractivity (Wildman–Crippen MR) is 90.7 cm³/mol. The van der Waals surface area contributed by atoms with E-state index in [1.54, 1.807) is 6.20 Å². The van der Waals surface area contributed by atoms with Gasteiger partial charge in [-0.2, -0.15) is 4.98 Å². The van der Waals surface area contributed by atoms with E-state index in [1.807, 2.05) is 6.92 Å². The highest BCUT2D eigenvalue weighted by molar-refractivity contribution is 5.55. The second-order valence-corrected chi connectivity index (χ2v) is 7.88. The van der Waals surface area contributed by atoms with E-state index in [4.69, 9.17) is 9.26 Å². The molecular weight excluding hydrogens is 304 g/mol. The third-order valence-corrected chi connectivity index (χ3v) is 4.43. The summed E-state index contributed by atoms with van der Waals surface area (Å²) in [6.45, 7) is 13.4. The molecule has 0 bridgehead atoms. The number of rotatable bonds is 3. The van der Waals surface area contributed by atoms with Gasteiger partial charge >= 0.3 is 0 Å². The Balaban J connectivity index is 1.95. The van der Waals surface area contributed by atoms with Crippen molar-refractivity contribution in [2.45, 2.75) is 65.9 Å². The Hall–Kier alpha value is -1.82. The molecule has 0 N–H and O–H groups in total. The molecule has 0 saturated carbocycles. The lowest BCUT2D eigenvalue weighted by Gasteiger charge is -2.29. The van der Waals surface area contributed by atoms with Crippen molar-refractivity contribution >= 4 is 0 Å².